The van der Waals surface area contributed by atoms with Crippen molar-refractivity contribution < 1.29 is 28.6 Å². The van der Waals surface area contributed by atoms with Gasteiger partial charge in [0.2, 0.25) is 0 Å². The normalized spacial score (nSPS) is 12.7. The molecule has 6 nitrogen and oxygen atoms in total. The Labute approximate surface area is 502 Å². The van der Waals surface area contributed by atoms with E-state index in [0.29, 0.717) is 19.3 Å². The lowest BCUT2D eigenvalue weighted by Crippen LogP contribution is -2.30. The summed E-state index contributed by atoms with van der Waals surface area (Å²) in [5.41, 5.74) is 0. The molecule has 0 saturated carbocycles. The molecule has 0 aromatic heterocycles. The molecule has 0 aliphatic rings. The fraction of sp³-hybridized carbons (Fsp3) is 0.747. The van der Waals surface area contributed by atoms with Crippen LogP contribution in [-0.2, 0) is 28.6 Å². The molecule has 6 heteroatoms. The van der Waals surface area contributed by atoms with Crippen molar-refractivity contribution in [2.24, 2.45) is 0 Å². The third kappa shape index (κ3) is 67.0. The van der Waals surface area contributed by atoms with Crippen LogP contribution in [0.5, 0.6) is 0 Å². The number of allylic oxidation sites excluding steroid dienone is 16. The van der Waals surface area contributed by atoms with Crippen LogP contribution >= 0.6 is 0 Å². The minimum atomic E-state index is -0.794. The molecule has 0 heterocycles. The Balaban J connectivity index is 4.43. The summed E-state index contributed by atoms with van der Waals surface area (Å²) >= 11 is 0. The van der Waals surface area contributed by atoms with Crippen LogP contribution in [-0.4, -0.2) is 37.2 Å². The van der Waals surface area contributed by atoms with Crippen molar-refractivity contribution in [1.82, 2.24) is 0 Å². The summed E-state index contributed by atoms with van der Waals surface area (Å²) in [5, 5.41) is 0. The smallest absolute Gasteiger partial charge is 0.306 e. The molecule has 1 unspecified atom stereocenters. The van der Waals surface area contributed by atoms with Crippen molar-refractivity contribution in [3.63, 3.8) is 0 Å². The highest BCUT2D eigenvalue weighted by Crippen LogP contribution is 2.17. The molecule has 0 spiro atoms. The zero-order valence-electron chi connectivity index (χ0n) is 53.5. The highest BCUT2D eigenvalue weighted by Gasteiger charge is 2.19. The molecule has 81 heavy (non-hydrogen) atoms. The molecule has 0 aliphatic heterocycles. The summed E-state index contributed by atoms with van der Waals surface area (Å²) in [6, 6.07) is 0. The quantitative estimate of drug-likeness (QED) is 0.0261. The standard InChI is InChI=1S/C75H130O6/c1-4-7-10-13-16-19-22-25-28-31-33-35-36-37-38-40-41-44-47-50-53-56-59-62-65-68-74(77)80-71-72(70-79-73(76)67-64-61-58-55-52-49-46-43-30-27-24-21-18-15-12-9-6-3)81-75(78)69-66-63-60-57-54-51-48-45-42-39-34-32-29-26-23-20-17-14-11-8-5-2/h7,10,16,19,25,28,32-35,37-38,41,44,50,53,72H,4-6,8-9,11-15,17-18,20-24,26-27,29-31,36,39-40,42-43,45-49,51-52,54-71H2,1-3H3/b10-7-,19-16-,28-25-,34-32-,35-33-,38-37-,44-41-,53-50-. The number of rotatable bonds is 63. The second kappa shape index (κ2) is 68.8. The Morgan fingerprint density at radius 3 is 0.778 bits per heavy atom. The molecular formula is C75H130O6. The summed E-state index contributed by atoms with van der Waals surface area (Å²) in [4.78, 5) is 38.5. The van der Waals surface area contributed by atoms with Gasteiger partial charge in [-0.15, -0.1) is 0 Å². The van der Waals surface area contributed by atoms with Gasteiger partial charge in [0.05, 0.1) is 0 Å². The van der Waals surface area contributed by atoms with E-state index < -0.39 is 6.10 Å². The second-order valence-electron chi connectivity index (χ2n) is 23.1. The van der Waals surface area contributed by atoms with Crippen LogP contribution in [0.4, 0.5) is 0 Å². The van der Waals surface area contributed by atoms with E-state index in [0.717, 1.165) is 109 Å². The van der Waals surface area contributed by atoms with Crippen molar-refractivity contribution in [2.75, 3.05) is 13.2 Å². The van der Waals surface area contributed by atoms with Gasteiger partial charge in [-0.1, -0.05) is 317 Å². The second-order valence-corrected chi connectivity index (χ2v) is 23.1. The monoisotopic (exact) mass is 1130 g/mol. The van der Waals surface area contributed by atoms with Gasteiger partial charge in [-0.05, 0) is 103 Å². The minimum absolute atomic E-state index is 0.0860. The van der Waals surface area contributed by atoms with Gasteiger partial charge in [-0.25, -0.2) is 0 Å². The fourth-order valence-corrected chi connectivity index (χ4v) is 9.89. The van der Waals surface area contributed by atoms with Crippen LogP contribution in [0.15, 0.2) is 97.2 Å². The molecule has 0 bridgehead atoms. The van der Waals surface area contributed by atoms with Gasteiger partial charge in [-0.3, -0.25) is 14.4 Å². The number of ether oxygens (including phenoxy) is 3. The van der Waals surface area contributed by atoms with Gasteiger partial charge in [0.25, 0.3) is 0 Å². The predicted octanol–water partition coefficient (Wildman–Crippen LogP) is 24.0. The molecular weight excluding hydrogens is 997 g/mol. The highest BCUT2D eigenvalue weighted by atomic mass is 16.6. The maximum Gasteiger partial charge on any atom is 0.306 e. The van der Waals surface area contributed by atoms with Crippen LogP contribution in [0.25, 0.3) is 0 Å². The topological polar surface area (TPSA) is 78.9 Å². The average molecular weight is 1130 g/mol. The first-order valence-corrected chi connectivity index (χ1v) is 34.7. The van der Waals surface area contributed by atoms with E-state index in [9.17, 15) is 14.4 Å². The number of hydrogen-bond donors (Lipinski definition) is 0. The molecule has 466 valence electrons. The van der Waals surface area contributed by atoms with Gasteiger partial charge in [0.15, 0.2) is 6.10 Å². The Kier molecular flexibility index (Phi) is 65.7. The van der Waals surface area contributed by atoms with E-state index >= 15 is 0 Å². The molecule has 0 aliphatic carbocycles. The molecule has 0 fully saturated rings. The predicted molar refractivity (Wildman–Crippen MR) is 353 cm³/mol. The van der Waals surface area contributed by atoms with Crippen molar-refractivity contribution >= 4 is 17.9 Å². The van der Waals surface area contributed by atoms with Crippen molar-refractivity contribution in [3.05, 3.63) is 97.2 Å². The lowest BCUT2D eigenvalue weighted by Gasteiger charge is -2.18. The Morgan fingerprint density at radius 2 is 0.481 bits per heavy atom. The first kappa shape index (κ1) is 77.3. The summed E-state index contributed by atoms with van der Waals surface area (Å²) in [5.74, 6) is -0.905. The number of hydrogen-bond acceptors (Lipinski definition) is 6. The number of carbonyl (C=O) groups is 3. The van der Waals surface area contributed by atoms with E-state index in [1.807, 2.05) is 0 Å². The summed E-state index contributed by atoms with van der Waals surface area (Å²) in [6.45, 7) is 6.55. The molecule has 1 atom stereocenters. The molecule has 0 amide bonds. The van der Waals surface area contributed by atoms with Crippen LogP contribution in [0.1, 0.15) is 342 Å². The van der Waals surface area contributed by atoms with Crippen molar-refractivity contribution in [2.45, 2.75) is 348 Å². The maximum absolute atomic E-state index is 13.0. The summed E-state index contributed by atoms with van der Waals surface area (Å²) in [7, 11) is 0. The molecule has 0 aromatic rings. The molecule has 0 rings (SSSR count). The number of esters is 3. The zero-order valence-corrected chi connectivity index (χ0v) is 53.5. The fourth-order valence-electron chi connectivity index (χ4n) is 9.89. The van der Waals surface area contributed by atoms with E-state index in [1.54, 1.807) is 0 Å². The lowest BCUT2D eigenvalue weighted by molar-refractivity contribution is -0.167. The number of carbonyl (C=O) groups excluding carboxylic acids is 3. The first-order valence-electron chi connectivity index (χ1n) is 34.7. The van der Waals surface area contributed by atoms with Gasteiger partial charge < -0.3 is 14.2 Å². The van der Waals surface area contributed by atoms with Gasteiger partial charge in [0, 0.05) is 19.3 Å². The molecule has 0 N–H and O–H groups in total. The van der Waals surface area contributed by atoms with Crippen LogP contribution in [0.2, 0.25) is 0 Å². The van der Waals surface area contributed by atoms with Gasteiger partial charge in [0.1, 0.15) is 13.2 Å². The molecule has 0 saturated heterocycles. The summed E-state index contributed by atoms with van der Waals surface area (Å²) in [6.07, 6.45) is 92.8. The van der Waals surface area contributed by atoms with E-state index in [-0.39, 0.29) is 31.1 Å². The average Bonchev–Trinajstić information content (AvgIpc) is 3.47. The van der Waals surface area contributed by atoms with E-state index in [4.69, 9.17) is 14.2 Å². The van der Waals surface area contributed by atoms with Crippen molar-refractivity contribution in [3.8, 4) is 0 Å². The Hall–Kier alpha value is -3.67. The lowest BCUT2D eigenvalue weighted by atomic mass is 10.0. The SMILES string of the molecule is CC/C=C\C/C=C\C/C=C\C/C=C\C/C=C\C/C=C\C/C=C\CCCCCC(=O)OCC(COC(=O)CCCCCCCCCCCCCCCCCCC)OC(=O)CCCCCCCCCCC/C=C\CCCCCCCCCC. The Bertz CT molecular complexity index is 1580. The maximum atomic E-state index is 13.0. The van der Waals surface area contributed by atoms with E-state index in [2.05, 4.69) is 118 Å². The summed E-state index contributed by atoms with van der Waals surface area (Å²) < 4.78 is 17.0. The highest BCUT2D eigenvalue weighted by molar-refractivity contribution is 5.71. The van der Waals surface area contributed by atoms with Crippen LogP contribution in [0.3, 0.4) is 0 Å². The van der Waals surface area contributed by atoms with E-state index in [1.165, 1.54) is 193 Å². The molecule has 0 radical (unpaired) electrons. The first-order chi connectivity index (χ1) is 40.0. The van der Waals surface area contributed by atoms with Gasteiger partial charge in [-0.2, -0.15) is 0 Å². The van der Waals surface area contributed by atoms with Crippen LogP contribution in [0, 0.1) is 0 Å². The zero-order chi connectivity index (χ0) is 58.5. The number of unbranched alkanes of at least 4 members (excludes halogenated alkanes) is 36. The third-order valence-corrected chi connectivity index (χ3v) is 15.1. The van der Waals surface area contributed by atoms with Gasteiger partial charge >= 0.3 is 17.9 Å². The molecule has 0 aromatic carbocycles. The van der Waals surface area contributed by atoms with Crippen molar-refractivity contribution in [1.29, 1.82) is 0 Å². The minimum Gasteiger partial charge on any atom is -0.462 e. The Morgan fingerprint density at radius 1 is 0.259 bits per heavy atom. The largest absolute Gasteiger partial charge is 0.462 e. The third-order valence-electron chi connectivity index (χ3n) is 15.1. The van der Waals surface area contributed by atoms with Crippen LogP contribution < -0.4 is 0 Å².